The number of rotatable bonds is 12. The SMILES string of the molecule is c1ccc(S(c2ccccc2)(c2ccccc2)c2ccc3nc4n(-c5cc(-c6cccc(-n7c8ccccc8c8ccccc87)c6)cc(-n6c7ccccc7c7ccccc76)n5)c5ccc(S(c6ccccc6)(c6ccccc6)c6ccccc6)cc5n4c3c2)cc1. The number of fused-ring (bicyclic) bond motifs is 11. The average Bonchev–Trinajstić information content (AvgIpc) is 1.47. The predicted molar refractivity (Wildman–Crippen MR) is 381 cm³/mol. The molecular weight excluding hydrogens is 1160 g/mol. The van der Waals surface area contributed by atoms with Crippen molar-refractivity contribution in [1.82, 2.24) is 28.1 Å². The van der Waals surface area contributed by atoms with Gasteiger partial charge in [0.25, 0.3) is 0 Å². The van der Waals surface area contributed by atoms with E-state index in [0.717, 1.165) is 78.4 Å². The van der Waals surface area contributed by atoms with Gasteiger partial charge in [-0.3, -0.25) is 13.5 Å². The molecule has 0 N–H and O–H groups in total. The first-order valence-corrected chi connectivity index (χ1v) is 34.5. The molecule has 0 saturated carbocycles. The summed E-state index contributed by atoms with van der Waals surface area (Å²) in [6.45, 7) is 0. The van der Waals surface area contributed by atoms with Crippen LogP contribution in [-0.4, -0.2) is 28.1 Å². The molecule has 0 amide bonds. The van der Waals surface area contributed by atoms with Crippen molar-refractivity contribution in [3.05, 3.63) is 352 Å². The van der Waals surface area contributed by atoms with E-state index in [9.17, 15) is 0 Å². The standard InChI is InChI=1S/C84H58N6S2/c1-7-30-62(31-8-1)91(63-32-9-2-10-33-63,64-34-11-3-12-35-64)68-50-52-74-80(57-68)89-81-58-69(92(65-36-13-4-14-37-65,66-38-15-5-16-39-66)67-40-17-6-18-41-67)51-53-79(81)90(84(89)85-74)83-56-60(55-82(86-83)88-77-48-25-21-44-72(77)73-45-22-26-49-78(73)88)59-28-27-29-61(54-59)87-75-46-23-19-42-70(75)71-43-20-24-47-76(71)87/h1-58H. The van der Waals surface area contributed by atoms with Gasteiger partial charge < -0.3 is 4.57 Å². The molecule has 0 aliphatic rings. The van der Waals surface area contributed by atoms with Gasteiger partial charge in [-0.05, 0) is 169 Å². The van der Waals surface area contributed by atoms with Gasteiger partial charge in [0, 0.05) is 66.4 Å². The number of aromatic nitrogens is 6. The van der Waals surface area contributed by atoms with Crippen LogP contribution in [0.2, 0.25) is 0 Å². The number of pyridine rings is 1. The normalized spacial score (nSPS) is 12.5. The Hall–Kier alpha value is -11.4. The highest BCUT2D eigenvalue weighted by Gasteiger charge is 2.37. The topological polar surface area (TPSA) is 45.0 Å². The van der Waals surface area contributed by atoms with Crippen LogP contribution in [0.3, 0.4) is 0 Å². The number of hydrogen-bond acceptors (Lipinski definition) is 2. The van der Waals surface area contributed by atoms with E-state index in [-0.39, 0.29) is 0 Å². The van der Waals surface area contributed by atoms with Gasteiger partial charge in [0.15, 0.2) is 0 Å². The Morgan fingerprint density at radius 1 is 0.217 bits per heavy atom. The first-order valence-electron chi connectivity index (χ1n) is 31.2. The summed E-state index contributed by atoms with van der Waals surface area (Å²) in [5.41, 5.74) is 11.5. The summed E-state index contributed by atoms with van der Waals surface area (Å²) < 4.78 is 9.51. The molecule has 0 fully saturated rings. The average molecular weight is 1220 g/mol. The third-order valence-corrected chi connectivity index (χ3v) is 26.2. The van der Waals surface area contributed by atoms with E-state index in [0.29, 0.717) is 0 Å². The fourth-order valence-electron chi connectivity index (χ4n) is 14.5. The van der Waals surface area contributed by atoms with Gasteiger partial charge in [-0.1, -0.05) is 194 Å². The van der Waals surface area contributed by atoms with Crippen molar-refractivity contribution in [1.29, 1.82) is 0 Å². The molecular formula is C84H58N6S2. The summed E-state index contributed by atoms with van der Waals surface area (Å²) >= 11 is 0. The van der Waals surface area contributed by atoms with Crippen molar-refractivity contribution in [3.63, 3.8) is 0 Å². The predicted octanol–water partition coefficient (Wildman–Crippen LogP) is 22.4. The van der Waals surface area contributed by atoms with E-state index in [1.807, 2.05) is 0 Å². The maximum atomic E-state index is 5.94. The summed E-state index contributed by atoms with van der Waals surface area (Å²) in [6.07, 6.45) is 0. The Bertz CT molecular complexity index is 5520. The molecule has 5 aromatic heterocycles. The van der Waals surface area contributed by atoms with E-state index >= 15 is 0 Å². The molecule has 0 radical (unpaired) electrons. The van der Waals surface area contributed by atoms with Gasteiger partial charge in [0.1, 0.15) is 11.6 Å². The number of para-hydroxylation sites is 4. The fraction of sp³-hybridized carbons (Fsp3) is 0. The zero-order valence-corrected chi connectivity index (χ0v) is 51.6. The lowest BCUT2D eigenvalue weighted by molar-refractivity contribution is 0.996. The zero-order valence-electron chi connectivity index (χ0n) is 50.0. The molecule has 6 nitrogen and oxygen atoms in total. The second-order valence-corrected chi connectivity index (χ2v) is 29.6. The molecule has 0 saturated heterocycles. The summed E-state index contributed by atoms with van der Waals surface area (Å²) in [5, 5.41) is 4.79. The Morgan fingerprint density at radius 2 is 0.587 bits per heavy atom. The second kappa shape index (κ2) is 21.7. The summed E-state index contributed by atoms with van der Waals surface area (Å²) in [5.74, 6) is 2.31. The summed E-state index contributed by atoms with van der Waals surface area (Å²) in [6, 6.07) is 130. The maximum Gasteiger partial charge on any atom is 0.221 e. The number of imidazole rings is 2. The Kier molecular flexibility index (Phi) is 12.6. The van der Waals surface area contributed by atoms with Crippen LogP contribution in [0.25, 0.3) is 99.9 Å². The van der Waals surface area contributed by atoms with E-state index in [1.54, 1.807) is 0 Å². The summed E-state index contributed by atoms with van der Waals surface area (Å²) in [4.78, 5) is 21.7. The van der Waals surface area contributed by atoms with Gasteiger partial charge >= 0.3 is 0 Å². The third-order valence-electron chi connectivity index (χ3n) is 18.4. The summed E-state index contributed by atoms with van der Waals surface area (Å²) in [7, 11) is -4.23. The zero-order chi connectivity index (χ0) is 60.7. The van der Waals surface area contributed by atoms with Crippen molar-refractivity contribution in [2.24, 2.45) is 0 Å². The third kappa shape index (κ3) is 8.17. The smallest absolute Gasteiger partial charge is 0.221 e. The Balaban J connectivity index is 0.965. The van der Waals surface area contributed by atoms with Crippen LogP contribution in [0.4, 0.5) is 0 Å². The molecule has 8 heteroatoms. The van der Waals surface area contributed by atoms with Crippen LogP contribution in [0, 0.1) is 0 Å². The van der Waals surface area contributed by atoms with E-state index in [2.05, 4.69) is 370 Å². The molecule has 436 valence electrons. The number of nitrogens with zero attached hydrogens (tertiary/aromatic N) is 6. The quantitative estimate of drug-likeness (QED) is 0.122. The highest BCUT2D eigenvalue weighted by molar-refractivity contribution is 8.34. The Morgan fingerprint density at radius 3 is 1.02 bits per heavy atom. The Labute approximate surface area is 535 Å². The molecule has 18 rings (SSSR count). The lowest BCUT2D eigenvalue weighted by atomic mass is 10.1. The lowest BCUT2D eigenvalue weighted by Gasteiger charge is -2.42. The highest BCUT2D eigenvalue weighted by Crippen LogP contribution is 2.75. The van der Waals surface area contributed by atoms with Gasteiger partial charge in [-0.25, -0.2) is 9.97 Å². The van der Waals surface area contributed by atoms with Crippen LogP contribution in [0.1, 0.15) is 0 Å². The molecule has 5 heterocycles. The van der Waals surface area contributed by atoms with Crippen molar-refractivity contribution >= 4 is 91.5 Å². The van der Waals surface area contributed by atoms with Crippen LogP contribution >= 0.6 is 20.1 Å². The minimum Gasteiger partial charge on any atom is -0.309 e. The van der Waals surface area contributed by atoms with Crippen LogP contribution in [0.15, 0.2) is 391 Å². The van der Waals surface area contributed by atoms with Crippen molar-refractivity contribution < 1.29 is 0 Å². The monoisotopic (exact) mass is 1210 g/mol. The molecule has 0 aliphatic heterocycles. The van der Waals surface area contributed by atoms with E-state index in [1.165, 1.54) is 60.7 Å². The van der Waals surface area contributed by atoms with Gasteiger partial charge in [-0.2, -0.15) is 0 Å². The fourth-order valence-corrected chi connectivity index (χ4v) is 22.3. The second-order valence-electron chi connectivity index (χ2n) is 23.3. The molecule has 92 heavy (non-hydrogen) atoms. The van der Waals surface area contributed by atoms with Gasteiger partial charge in [-0.15, -0.1) is 20.1 Å². The van der Waals surface area contributed by atoms with Crippen LogP contribution < -0.4 is 0 Å². The lowest BCUT2D eigenvalue weighted by Crippen LogP contribution is -2.06. The molecule has 0 aliphatic carbocycles. The van der Waals surface area contributed by atoms with Crippen molar-refractivity contribution in [2.75, 3.05) is 0 Å². The molecule has 18 aromatic rings. The first-order chi connectivity index (χ1) is 45.6. The van der Waals surface area contributed by atoms with Crippen molar-refractivity contribution in [2.45, 2.75) is 39.2 Å². The van der Waals surface area contributed by atoms with Crippen LogP contribution in [0.5, 0.6) is 0 Å². The van der Waals surface area contributed by atoms with Crippen molar-refractivity contribution in [3.8, 4) is 28.5 Å². The number of benzene rings is 13. The minimum absolute atomic E-state index is 0.746. The number of hydrogen-bond donors (Lipinski definition) is 0. The van der Waals surface area contributed by atoms with Crippen LogP contribution in [-0.2, 0) is 0 Å². The largest absolute Gasteiger partial charge is 0.309 e. The van der Waals surface area contributed by atoms with E-state index in [4.69, 9.17) is 9.97 Å². The van der Waals surface area contributed by atoms with Gasteiger partial charge in [0.2, 0.25) is 5.78 Å². The van der Waals surface area contributed by atoms with Gasteiger partial charge in [0.05, 0.1) is 44.1 Å². The highest BCUT2D eigenvalue weighted by atomic mass is 32.3. The minimum atomic E-state index is -2.13. The molecule has 13 aromatic carbocycles. The molecule has 0 spiro atoms. The van der Waals surface area contributed by atoms with E-state index < -0.39 is 20.1 Å². The molecule has 0 atom stereocenters. The first kappa shape index (κ1) is 53.6. The molecule has 0 unspecified atom stereocenters. The molecule has 0 bridgehead atoms. The maximum absolute atomic E-state index is 5.94.